The molecule has 1 amide bonds. The molecule has 0 aliphatic rings. The number of nitrogens with zero attached hydrogens (tertiary/aromatic N) is 3. The van der Waals surface area contributed by atoms with Gasteiger partial charge in [0.25, 0.3) is 5.91 Å². The molecule has 5 rings (SSSR count). The minimum atomic E-state index is -3.92. The summed E-state index contributed by atoms with van der Waals surface area (Å²) in [5.74, 6) is -0.198. The van der Waals surface area contributed by atoms with Gasteiger partial charge in [-0.25, -0.2) is 23.1 Å². The van der Waals surface area contributed by atoms with Crippen LogP contribution < -0.4 is 15.8 Å². The number of benzene rings is 3. The van der Waals surface area contributed by atoms with E-state index in [9.17, 15) is 13.2 Å². The van der Waals surface area contributed by atoms with Gasteiger partial charge in [-0.15, -0.1) is 5.10 Å². The second-order valence-corrected chi connectivity index (χ2v) is 9.60. The topological polar surface area (TPSA) is 131 Å². The molecule has 0 saturated heterocycles. The Balaban J connectivity index is 1.53. The van der Waals surface area contributed by atoms with Crippen LogP contribution in [0.3, 0.4) is 0 Å². The average molecular weight is 499 g/mol. The Labute approximate surface area is 207 Å². The first-order valence-corrected chi connectivity index (χ1v) is 12.6. The van der Waals surface area contributed by atoms with Gasteiger partial charge >= 0.3 is 0 Å². The molecule has 0 atom stereocenters. The zero-order valence-corrected chi connectivity index (χ0v) is 19.8. The maximum absolute atomic E-state index is 13.1. The highest BCUT2D eigenvalue weighted by atomic mass is 32.2. The Morgan fingerprint density at radius 2 is 1.64 bits per heavy atom. The van der Waals surface area contributed by atoms with Gasteiger partial charge in [0.1, 0.15) is 5.52 Å². The molecular weight excluding hydrogens is 476 g/mol. The Morgan fingerprint density at radius 1 is 0.917 bits per heavy atom. The number of carbonyl (C=O) groups is 1. The van der Waals surface area contributed by atoms with Crippen molar-refractivity contribution in [2.75, 3.05) is 10.6 Å². The second kappa shape index (κ2) is 9.61. The Kier molecular flexibility index (Phi) is 6.19. The number of primary sulfonamides is 1. The molecule has 4 N–H and O–H groups in total. The zero-order valence-electron chi connectivity index (χ0n) is 19.0. The van der Waals surface area contributed by atoms with Gasteiger partial charge in [0.2, 0.25) is 15.8 Å². The van der Waals surface area contributed by atoms with Crippen LogP contribution in [0.2, 0.25) is 0 Å². The van der Waals surface area contributed by atoms with Crippen LogP contribution >= 0.6 is 0 Å². The van der Waals surface area contributed by atoms with Gasteiger partial charge in [0.15, 0.2) is 5.82 Å². The van der Waals surface area contributed by atoms with E-state index >= 15 is 0 Å². The quantitative estimate of drug-likeness (QED) is 0.312. The number of carbonyl (C=O) groups excluding carboxylic acids is 1. The van der Waals surface area contributed by atoms with Gasteiger partial charge < -0.3 is 10.6 Å². The number of amides is 1. The number of hydrogen-bond acceptors (Lipinski definition) is 6. The summed E-state index contributed by atoms with van der Waals surface area (Å²) in [6.45, 7) is 0.490. The third kappa shape index (κ3) is 4.95. The van der Waals surface area contributed by atoms with Crippen molar-refractivity contribution in [1.82, 2.24) is 14.6 Å². The van der Waals surface area contributed by atoms with Crippen molar-refractivity contribution in [3.8, 4) is 11.1 Å². The van der Waals surface area contributed by atoms with Crippen molar-refractivity contribution >= 4 is 33.0 Å². The number of sulfonamides is 1. The Hall–Kier alpha value is -4.54. The summed E-state index contributed by atoms with van der Waals surface area (Å²) in [4.78, 5) is 17.5. The van der Waals surface area contributed by atoms with Gasteiger partial charge in [-0.05, 0) is 35.4 Å². The number of hydrogen-bond donors (Lipinski definition) is 3. The molecule has 0 radical (unpaired) electrons. The lowest BCUT2D eigenvalue weighted by Gasteiger charge is -2.12. The molecule has 0 spiro atoms. The summed E-state index contributed by atoms with van der Waals surface area (Å²) >= 11 is 0. The predicted octanol–water partition coefficient (Wildman–Crippen LogP) is 3.91. The molecule has 36 heavy (non-hydrogen) atoms. The van der Waals surface area contributed by atoms with Crippen LogP contribution in [0.5, 0.6) is 0 Å². The molecule has 10 heteroatoms. The summed E-state index contributed by atoms with van der Waals surface area (Å²) in [6.07, 6.45) is 1.77. The van der Waals surface area contributed by atoms with Gasteiger partial charge in [0, 0.05) is 24.0 Å². The van der Waals surface area contributed by atoms with Crippen LogP contribution in [0, 0.1) is 0 Å². The van der Waals surface area contributed by atoms with E-state index < -0.39 is 15.9 Å². The molecule has 180 valence electrons. The van der Waals surface area contributed by atoms with Crippen LogP contribution in [-0.4, -0.2) is 28.9 Å². The molecule has 2 aromatic heterocycles. The van der Waals surface area contributed by atoms with Gasteiger partial charge in [-0.1, -0.05) is 66.7 Å². The van der Waals surface area contributed by atoms with E-state index in [0.29, 0.717) is 12.4 Å². The van der Waals surface area contributed by atoms with E-state index in [4.69, 9.17) is 5.14 Å². The fourth-order valence-electron chi connectivity index (χ4n) is 3.81. The molecule has 0 unspecified atom stereocenters. The number of fused-ring (bicyclic) bond motifs is 1. The van der Waals surface area contributed by atoms with E-state index in [1.54, 1.807) is 16.8 Å². The first kappa shape index (κ1) is 23.2. The third-order valence-corrected chi connectivity index (χ3v) is 6.43. The molecule has 0 saturated carbocycles. The van der Waals surface area contributed by atoms with E-state index in [1.165, 1.54) is 18.2 Å². The molecule has 3 aromatic carbocycles. The SMILES string of the molecule is NS(=O)(=O)c1cccc(NC(=O)c2nc(NCc3ccccc3)c3c(-c4ccccc4)ccn3n2)c1. The summed E-state index contributed by atoms with van der Waals surface area (Å²) in [6, 6.07) is 27.3. The van der Waals surface area contributed by atoms with Gasteiger partial charge in [-0.2, -0.15) is 0 Å². The maximum atomic E-state index is 13.1. The average Bonchev–Trinajstić information content (AvgIpc) is 3.32. The molecule has 5 aromatic rings. The minimum absolute atomic E-state index is 0.0886. The van der Waals surface area contributed by atoms with Crippen molar-refractivity contribution in [3.63, 3.8) is 0 Å². The highest BCUT2D eigenvalue weighted by molar-refractivity contribution is 7.89. The number of anilines is 2. The molecule has 0 bridgehead atoms. The summed E-state index contributed by atoms with van der Waals surface area (Å²) in [7, 11) is -3.92. The number of aromatic nitrogens is 3. The van der Waals surface area contributed by atoms with Crippen molar-refractivity contribution < 1.29 is 13.2 Å². The van der Waals surface area contributed by atoms with Gasteiger partial charge in [-0.3, -0.25) is 4.79 Å². The van der Waals surface area contributed by atoms with Gasteiger partial charge in [0.05, 0.1) is 4.90 Å². The number of nitrogens with one attached hydrogen (secondary N) is 2. The van der Waals surface area contributed by atoms with Crippen molar-refractivity contribution in [1.29, 1.82) is 0 Å². The monoisotopic (exact) mass is 498 g/mol. The van der Waals surface area contributed by atoms with Crippen LogP contribution in [-0.2, 0) is 16.6 Å². The smallest absolute Gasteiger partial charge is 0.295 e. The Bertz CT molecular complexity index is 1650. The first-order valence-electron chi connectivity index (χ1n) is 11.1. The molecule has 2 heterocycles. The fourth-order valence-corrected chi connectivity index (χ4v) is 4.37. The van der Waals surface area contributed by atoms with E-state index in [2.05, 4.69) is 20.7 Å². The largest absolute Gasteiger partial charge is 0.364 e. The molecule has 9 nitrogen and oxygen atoms in total. The second-order valence-electron chi connectivity index (χ2n) is 8.04. The number of nitrogens with two attached hydrogens (primary N) is 1. The minimum Gasteiger partial charge on any atom is -0.364 e. The van der Waals surface area contributed by atoms with Crippen LogP contribution in [0.15, 0.2) is 102 Å². The highest BCUT2D eigenvalue weighted by Crippen LogP contribution is 2.30. The predicted molar refractivity (Wildman–Crippen MR) is 138 cm³/mol. The van der Waals surface area contributed by atoms with E-state index in [0.717, 1.165) is 22.2 Å². The lowest BCUT2D eigenvalue weighted by Crippen LogP contribution is -2.19. The lowest BCUT2D eigenvalue weighted by molar-refractivity contribution is 0.101. The standard InChI is InChI=1S/C26H22N6O3S/c27-36(34,35)21-13-7-12-20(16-21)29-26(33)25-30-24(28-17-18-8-3-1-4-9-18)23-22(14-15-32(23)31-25)19-10-5-2-6-11-19/h1-16H,17H2,(H,29,33)(H2,27,34,35)(H,28,30,31). The third-order valence-electron chi connectivity index (χ3n) is 5.52. The zero-order chi connectivity index (χ0) is 25.1. The molecule has 0 aliphatic heterocycles. The van der Waals surface area contributed by atoms with E-state index in [-0.39, 0.29) is 16.4 Å². The highest BCUT2D eigenvalue weighted by Gasteiger charge is 2.19. The summed E-state index contributed by atoms with van der Waals surface area (Å²) < 4.78 is 24.9. The van der Waals surface area contributed by atoms with E-state index in [1.807, 2.05) is 66.7 Å². The maximum Gasteiger partial charge on any atom is 0.295 e. The fraction of sp³-hybridized carbons (Fsp3) is 0.0385. The Morgan fingerprint density at radius 3 is 2.36 bits per heavy atom. The van der Waals surface area contributed by atoms with Crippen LogP contribution in [0.4, 0.5) is 11.5 Å². The lowest BCUT2D eigenvalue weighted by atomic mass is 10.1. The summed E-state index contributed by atoms with van der Waals surface area (Å²) in [5, 5.41) is 15.6. The van der Waals surface area contributed by atoms with Crippen LogP contribution in [0.25, 0.3) is 16.6 Å². The van der Waals surface area contributed by atoms with Crippen molar-refractivity contribution in [2.45, 2.75) is 11.4 Å². The molecule has 0 aliphatic carbocycles. The molecular formula is C26H22N6O3S. The van der Waals surface area contributed by atoms with Crippen molar-refractivity contribution in [3.05, 3.63) is 109 Å². The first-order chi connectivity index (χ1) is 17.4. The van der Waals surface area contributed by atoms with Crippen molar-refractivity contribution in [2.24, 2.45) is 5.14 Å². The summed E-state index contributed by atoms with van der Waals surface area (Å²) in [5.41, 5.74) is 3.94. The van der Waals surface area contributed by atoms with Crippen LogP contribution in [0.1, 0.15) is 16.2 Å². The normalized spacial score (nSPS) is 11.4. The molecule has 0 fully saturated rings. The number of rotatable bonds is 7.